The molecule has 2 heterocycles. The molecule has 0 fully saturated rings. The highest BCUT2D eigenvalue weighted by Gasteiger charge is 2.16. The highest BCUT2D eigenvalue weighted by molar-refractivity contribution is 14.1. The zero-order chi connectivity index (χ0) is 8.72. The second kappa shape index (κ2) is 2.76. The lowest BCUT2D eigenvalue weighted by Crippen LogP contribution is -1.98. The summed E-state index contributed by atoms with van der Waals surface area (Å²) in [7, 11) is 0. The minimum atomic E-state index is -0.250. The van der Waals surface area contributed by atoms with E-state index in [0.29, 0.717) is 12.2 Å². The first-order valence-corrected chi connectivity index (χ1v) is 4.62. The monoisotopic (exact) mass is 276 g/mol. The fraction of sp³-hybridized carbons (Fsp3) is 0.250. The van der Waals surface area contributed by atoms with Crippen molar-refractivity contribution in [2.75, 3.05) is 0 Å². The third kappa shape index (κ3) is 1.14. The molecule has 0 bridgehead atoms. The number of pyridine rings is 1. The number of aromatic nitrogens is 1. The van der Waals surface area contributed by atoms with Gasteiger partial charge in [0.2, 0.25) is 0 Å². The first-order chi connectivity index (χ1) is 5.68. The fourth-order valence-corrected chi connectivity index (χ4v) is 1.80. The van der Waals surface area contributed by atoms with E-state index in [4.69, 9.17) is 0 Å². The maximum Gasteiger partial charge on any atom is 0.145 e. The smallest absolute Gasteiger partial charge is 0.145 e. The van der Waals surface area contributed by atoms with Crippen LogP contribution in [0.25, 0.3) is 0 Å². The molecule has 4 heteroatoms. The first-order valence-electron chi connectivity index (χ1n) is 3.55. The highest BCUT2D eigenvalue weighted by atomic mass is 127. The van der Waals surface area contributed by atoms with Crippen LogP contribution in [0.2, 0.25) is 0 Å². The van der Waals surface area contributed by atoms with Crippen molar-refractivity contribution in [2.45, 2.75) is 13.5 Å². The number of aryl methyl sites for hydroxylation is 1. The van der Waals surface area contributed by atoms with Crippen molar-refractivity contribution in [3.63, 3.8) is 0 Å². The molecule has 1 aliphatic rings. The number of halogens is 2. The lowest BCUT2D eigenvalue weighted by atomic mass is 10.2. The Morgan fingerprint density at radius 2 is 2.33 bits per heavy atom. The van der Waals surface area contributed by atoms with Crippen LogP contribution < -0.4 is 0 Å². The lowest BCUT2D eigenvalue weighted by Gasteiger charge is -2.00. The van der Waals surface area contributed by atoms with Gasteiger partial charge in [-0.15, -0.1) is 0 Å². The molecule has 2 rings (SSSR count). The van der Waals surface area contributed by atoms with Gasteiger partial charge >= 0.3 is 0 Å². The molecule has 0 saturated carbocycles. The van der Waals surface area contributed by atoms with Gasteiger partial charge in [-0.3, -0.25) is 9.98 Å². The molecule has 62 valence electrons. The minimum Gasteiger partial charge on any atom is -0.272 e. The molecule has 0 N–H and O–H groups in total. The summed E-state index contributed by atoms with van der Waals surface area (Å²) < 4.78 is 13.9. The van der Waals surface area contributed by atoms with Crippen molar-refractivity contribution in [3.8, 4) is 0 Å². The summed E-state index contributed by atoms with van der Waals surface area (Å²) in [6.07, 6.45) is 0. The Kier molecular flexibility index (Phi) is 1.86. The van der Waals surface area contributed by atoms with E-state index >= 15 is 0 Å². The molecule has 0 aromatic carbocycles. The third-order valence-electron chi connectivity index (χ3n) is 1.82. The summed E-state index contributed by atoms with van der Waals surface area (Å²) in [5.74, 6) is -0.250. The molecule has 0 atom stereocenters. The van der Waals surface area contributed by atoms with E-state index in [1.54, 1.807) is 6.92 Å². The van der Waals surface area contributed by atoms with E-state index in [9.17, 15) is 4.39 Å². The SMILES string of the molecule is Cc1nc2c(cc1F)C(I)=NC2. The van der Waals surface area contributed by atoms with Gasteiger partial charge in [0.1, 0.15) is 9.54 Å². The molecule has 0 amide bonds. The number of aliphatic imine (C=N–C) groups is 1. The van der Waals surface area contributed by atoms with Crippen LogP contribution >= 0.6 is 22.6 Å². The second-order valence-corrected chi connectivity index (χ2v) is 3.68. The van der Waals surface area contributed by atoms with Gasteiger partial charge in [0, 0.05) is 5.56 Å². The Labute approximate surface area is 83.1 Å². The van der Waals surface area contributed by atoms with Crippen LogP contribution in [0.1, 0.15) is 17.0 Å². The zero-order valence-electron chi connectivity index (χ0n) is 6.43. The number of hydrogen-bond acceptors (Lipinski definition) is 2. The Balaban J connectivity index is 2.63. The van der Waals surface area contributed by atoms with Gasteiger partial charge in [0.15, 0.2) is 0 Å². The molecule has 0 radical (unpaired) electrons. The van der Waals surface area contributed by atoms with Gasteiger partial charge in [0.05, 0.1) is 17.9 Å². The van der Waals surface area contributed by atoms with Crippen LogP contribution in [0.3, 0.4) is 0 Å². The number of rotatable bonds is 0. The fourth-order valence-electron chi connectivity index (χ4n) is 1.16. The molecule has 1 aromatic heterocycles. The third-order valence-corrected chi connectivity index (χ3v) is 2.74. The van der Waals surface area contributed by atoms with Gasteiger partial charge in [0.25, 0.3) is 0 Å². The average molecular weight is 276 g/mol. The number of nitrogens with zero attached hydrogens (tertiary/aromatic N) is 2. The van der Waals surface area contributed by atoms with Crippen molar-refractivity contribution >= 4 is 26.3 Å². The van der Waals surface area contributed by atoms with Crippen LogP contribution in [0.15, 0.2) is 11.1 Å². The Hall–Kier alpha value is -0.520. The molecular weight excluding hydrogens is 270 g/mol. The van der Waals surface area contributed by atoms with Crippen LogP contribution in [-0.4, -0.2) is 8.70 Å². The van der Waals surface area contributed by atoms with Gasteiger partial charge in [-0.05, 0) is 35.6 Å². The zero-order valence-corrected chi connectivity index (χ0v) is 8.59. The molecule has 12 heavy (non-hydrogen) atoms. The average Bonchev–Trinajstić information content (AvgIpc) is 2.35. The van der Waals surface area contributed by atoms with Gasteiger partial charge in [-0.1, -0.05) is 0 Å². The molecular formula is C8H6FIN2. The number of hydrogen-bond donors (Lipinski definition) is 0. The predicted octanol–water partition coefficient (Wildman–Crippen LogP) is 2.22. The van der Waals surface area contributed by atoms with Crippen LogP contribution in [0, 0.1) is 12.7 Å². The largest absolute Gasteiger partial charge is 0.272 e. The molecule has 0 saturated heterocycles. The Bertz CT molecular complexity index is 374. The Morgan fingerprint density at radius 3 is 3.08 bits per heavy atom. The number of fused-ring (bicyclic) bond motifs is 1. The van der Waals surface area contributed by atoms with Crippen LogP contribution in [0.5, 0.6) is 0 Å². The van der Waals surface area contributed by atoms with Gasteiger partial charge in [-0.2, -0.15) is 0 Å². The topological polar surface area (TPSA) is 25.2 Å². The lowest BCUT2D eigenvalue weighted by molar-refractivity contribution is 0.607. The van der Waals surface area contributed by atoms with Crippen LogP contribution in [0.4, 0.5) is 4.39 Å². The summed E-state index contributed by atoms with van der Waals surface area (Å²) in [6.45, 7) is 2.26. The summed E-state index contributed by atoms with van der Waals surface area (Å²) in [6, 6.07) is 1.51. The molecule has 0 aliphatic carbocycles. The van der Waals surface area contributed by atoms with E-state index in [1.807, 2.05) is 0 Å². The van der Waals surface area contributed by atoms with E-state index in [2.05, 4.69) is 32.6 Å². The quantitative estimate of drug-likeness (QED) is 0.667. The second-order valence-electron chi connectivity index (χ2n) is 2.66. The maximum atomic E-state index is 13.0. The Morgan fingerprint density at radius 1 is 1.58 bits per heavy atom. The molecule has 1 aromatic rings. The summed E-state index contributed by atoms with van der Waals surface area (Å²) >= 11 is 2.10. The highest BCUT2D eigenvalue weighted by Crippen LogP contribution is 2.22. The standard InChI is InChI=1S/C8H6FIN2/c1-4-6(9)2-5-7(12-4)3-11-8(5)10/h2H,3H2,1H3. The van der Waals surface area contributed by atoms with Crippen molar-refractivity contribution in [2.24, 2.45) is 4.99 Å². The van der Waals surface area contributed by atoms with E-state index in [-0.39, 0.29) is 5.82 Å². The van der Waals surface area contributed by atoms with Crippen molar-refractivity contribution in [3.05, 3.63) is 28.8 Å². The summed E-state index contributed by atoms with van der Waals surface area (Å²) in [5, 5.41) is 0. The van der Waals surface area contributed by atoms with E-state index in [0.717, 1.165) is 15.0 Å². The van der Waals surface area contributed by atoms with Crippen molar-refractivity contribution < 1.29 is 4.39 Å². The molecule has 0 spiro atoms. The predicted molar refractivity (Wildman–Crippen MR) is 53.2 cm³/mol. The van der Waals surface area contributed by atoms with Crippen molar-refractivity contribution in [1.29, 1.82) is 0 Å². The normalized spacial score (nSPS) is 14.4. The maximum absolute atomic E-state index is 13.0. The minimum absolute atomic E-state index is 0.250. The first kappa shape index (κ1) is 8.10. The van der Waals surface area contributed by atoms with Gasteiger partial charge in [-0.25, -0.2) is 4.39 Å². The van der Waals surface area contributed by atoms with E-state index < -0.39 is 0 Å². The summed E-state index contributed by atoms with van der Waals surface area (Å²) in [5.41, 5.74) is 2.19. The molecule has 2 nitrogen and oxygen atoms in total. The van der Waals surface area contributed by atoms with Crippen LogP contribution in [-0.2, 0) is 6.54 Å². The molecule has 0 unspecified atom stereocenters. The van der Waals surface area contributed by atoms with Crippen molar-refractivity contribution in [1.82, 2.24) is 4.98 Å². The molecule has 1 aliphatic heterocycles. The van der Waals surface area contributed by atoms with E-state index in [1.165, 1.54) is 6.07 Å². The van der Waals surface area contributed by atoms with Gasteiger partial charge < -0.3 is 0 Å². The summed E-state index contributed by atoms with van der Waals surface area (Å²) in [4.78, 5) is 8.27.